The van der Waals surface area contributed by atoms with Crippen molar-refractivity contribution in [2.45, 2.75) is 19.8 Å². The van der Waals surface area contributed by atoms with Crippen LogP contribution in [0.25, 0.3) is 11.0 Å². The number of rotatable bonds is 7. The minimum absolute atomic E-state index is 0.0363. The highest BCUT2D eigenvalue weighted by atomic mass is 16.5. The van der Waals surface area contributed by atoms with Crippen molar-refractivity contribution in [2.75, 3.05) is 13.7 Å². The molecule has 1 N–H and O–H groups in total. The van der Waals surface area contributed by atoms with Gasteiger partial charge in [0, 0.05) is 23.4 Å². The molecule has 1 aromatic carbocycles. The van der Waals surface area contributed by atoms with Gasteiger partial charge in [0.05, 0.1) is 13.4 Å². The Hall–Kier alpha value is -3.88. The van der Waals surface area contributed by atoms with Crippen LogP contribution < -0.4 is 15.7 Å². The van der Waals surface area contributed by atoms with E-state index in [9.17, 15) is 19.2 Å². The summed E-state index contributed by atoms with van der Waals surface area (Å²) in [6.45, 7) is 1.14. The molecule has 0 aliphatic heterocycles. The molecular formula is C21H19NO8. The van der Waals surface area contributed by atoms with Crippen LogP contribution >= 0.6 is 0 Å². The largest absolute Gasteiger partial charge is 0.497 e. The fourth-order valence-electron chi connectivity index (χ4n) is 2.87. The van der Waals surface area contributed by atoms with Gasteiger partial charge >= 0.3 is 11.6 Å². The number of amides is 2. The van der Waals surface area contributed by atoms with Crippen molar-refractivity contribution < 1.29 is 32.7 Å². The number of hydrogen-bond donors (Lipinski definition) is 1. The van der Waals surface area contributed by atoms with E-state index in [1.165, 1.54) is 25.5 Å². The number of carbonyl (C=O) groups excluding carboxylic acids is 3. The second-order valence-corrected chi connectivity index (χ2v) is 6.37. The summed E-state index contributed by atoms with van der Waals surface area (Å²) in [4.78, 5) is 47.6. The summed E-state index contributed by atoms with van der Waals surface area (Å²) in [6.07, 6.45) is 1.25. The zero-order valence-corrected chi connectivity index (χ0v) is 16.4. The molecule has 2 amide bonds. The first kappa shape index (κ1) is 20.8. The summed E-state index contributed by atoms with van der Waals surface area (Å²) >= 11 is 0. The molecule has 0 radical (unpaired) electrons. The first-order valence-corrected chi connectivity index (χ1v) is 9.02. The van der Waals surface area contributed by atoms with Gasteiger partial charge < -0.3 is 18.3 Å². The Kier molecular flexibility index (Phi) is 6.31. The van der Waals surface area contributed by atoms with Gasteiger partial charge in [0.15, 0.2) is 12.4 Å². The highest BCUT2D eigenvalue weighted by molar-refractivity contribution is 6.03. The van der Waals surface area contributed by atoms with Crippen LogP contribution in [-0.2, 0) is 20.7 Å². The number of methoxy groups -OCH3 is 1. The van der Waals surface area contributed by atoms with Crippen LogP contribution in [0.2, 0.25) is 0 Å². The molecule has 0 unspecified atom stereocenters. The number of esters is 1. The Bertz CT molecular complexity index is 1140. The normalized spacial score (nSPS) is 10.6. The maximum Gasteiger partial charge on any atom is 0.339 e. The Morgan fingerprint density at radius 3 is 2.67 bits per heavy atom. The molecule has 0 spiro atoms. The van der Waals surface area contributed by atoms with Crippen LogP contribution in [0.5, 0.6) is 5.75 Å². The van der Waals surface area contributed by atoms with E-state index in [1.54, 1.807) is 25.1 Å². The summed E-state index contributed by atoms with van der Waals surface area (Å²) in [5, 5.41) is 2.77. The zero-order valence-electron chi connectivity index (χ0n) is 16.4. The van der Waals surface area contributed by atoms with Crippen molar-refractivity contribution in [3.63, 3.8) is 0 Å². The van der Waals surface area contributed by atoms with Crippen molar-refractivity contribution in [3.05, 3.63) is 63.9 Å². The zero-order chi connectivity index (χ0) is 21.7. The van der Waals surface area contributed by atoms with Crippen molar-refractivity contribution >= 4 is 28.8 Å². The molecule has 0 atom stereocenters. The van der Waals surface area contributed by atoms with Crippen molar-refractivity contribution in [3.8, 4) is 5.75 Å². The molecule has 9 nitrogen and oxygen atoms in total. The van der Waals surface area contributed by atoms with Crippen LogP contribution in [0, 0.1) is 6.92 Å². The van der Waals surface area contributed by atoms with E-state index in [4.69, 9.17) is 18.3 Å². The van der Waals surface area contributed by atoms with E-state index in [1.807, 2.05) is 5.32 Å². The third kappa shape index (κ3) is 4.75. The number of furan rings is 1. The van der Waals surface area contributed by atoms with Gasteiger partial charge in [-0.25, -0.2) is 4.79 Å². The topological polar surface area (TPSA) is 125 Å². The fourth-order valence-corrected chi connectivity index (χ4v) is 2.87. The lowest BCUT2D eigenvalue weighted by atomic mass is 10.0. The number of nitrogens with one attached hydrogen (secondary N) is 1. The molecule has 0 bridgehead atoms. The average molecular weight is 413 g/mol. The molecule has 0 aliphatic rings. The van der Waals surface area contributed by atoms with Crippen LogP contribution in [0.4, 0.5) is 0 Å². The number of carbonyl (C=O) groups is 3. The highest BCUT2D eigenvalue weighted by Gasteiger charge is 2.16. The summed E-state index contributed by atoms with van der Waals surface area (Å²) in [6, 6.07) is 8.03. The van der Waals surface area contributed by atoms with Crippen molar-refractivity contribution in [1.82, 2.24) is 5.32 Å². The van der Waals surface area contributed by atoms with E-state index in [0.717, 1.165) is 5.39 Å². The SMILES string of the molecule is COc1ccc2c(C)c(CCC(=O)OCC(=O)NC(=O)c3ccco3)c(=O)oc2c1. The molecular weight excluding hydrogens is 394 g/mol. The molecule has 30 heavy (non-hydrogen) atoms. The number of fused-ring (bicyclic) bond motifs is 1. The predicted octanol–water partition coefficient (Wildman–Crippen LogP) is 2.14. The van der Waals surface area contributed by atoms with Crippen molar-refractivity contribution in [2.24, 2.45) is 0 Å². The molecule has 3 aromatic rings. The lowest BCUT2D eigenvalue weighted by Gasteiger charge is -2.09. The molecule has 0 saturated carbocycles. The summed E-state index contributed by atoms with van der Waals surface area (Å²) < 4.78 is 20.2. The van der Waals surface area contributed by atoms with Crippen molar-refractivity contribution in [1.29, 1.82) is 0 Å². The second-order valence-electron chi connectivity index (χ2n) is 6.37. The van der Waals surface area contributed by atoms with Gasteiger partial charge in [0.25, 0.3) is 11.8 Å². The molecule has 0 aliphatic carbocycles. The predicted molar refractivity (Wildman–Crippen MR) is 104 cm³/mol. The lowest BCUT2D eigenvalue weighted by Crippen LogP contribution is -2.34. The monoisotopic (exact) mass is 413 g/mol. The third-order valence-electron chi connectivity index (χ3n) is 4.44. The first-order valence-electron chi connectivity index (χ1n) is 9.02. The van der Waals surface area contributed by atoms with Crippen LogP contribution in [0.15, 0.2) is 50.2 Å². The Morgan fingerprint density at radius 2 is 1.97 bits per heavy atom. The average Bonchev–Trinajstić information content (AvgIpc) is 3.26. The number of ether oxygens (including phenoxy) is 2. The first-order chi connectivity index (χ1) is 14.4. The maximum atomic E-state index is 12.3. The van der Waals surface area contributed by atoms with Crippen LogP contribution in [0.3, 0.4) is 0 Å². The summed E-state index contributed by atoms with van der Waals surface area (Å²) in [7, 11) is 1.51. The number of benzene rings is 1. The molecule has 0 saturated heterocycles. The molecule has 156 valence electrons. The molecule has 9 heteroatoms. The maximum absolute atomic E-state index is 12.3. The highest BCUT2D eigenvalue weighted by Crippen LogP contribution is 2.24. The summed E-state index contributed by atoms with van der Waals surface area (Å²) in [5.74, 6) is -1.69. The van der Waals surface area contributed by atoms with E-state index in [-0.39, 0.29) is 18.6 Å². The molecule has 0 fully saturated rings. The smallest absolute Gasteiger partial charge is 0.339 e. The third-order valence-corrected chi connectivity index (χ3v) is 4.44. The Balaban J connectivity index is 1.56. The van der Waals surface area contributed by atoms with E-state index >= 15 is 0 Å². The van der Waals surface area contributed by atoms with Gasteiger partial charge in [0.2, 0.25) is 0 Å². The van der Waals surface area contributed by atoms with E-state index in [0.29, 0.717) is 22.5 Å². The van der Waals surface area contributed by atoms with Crippen LogP contribution in [0.1, 0.15) is 28.1 Å². The molecule has 2 heterocycles. The van der Waals surface area contributed by atoms with Gasteiger partial charge in [-0.15, -0.1) is 0 Å². The van der Waals surface area contributed by atoms with Gasteiger partial charge in [-0.2, -0.15) is 0 Å². The quantitative estimate of drug-likeness (QED) is 0.461. The standard InChI is InChI=1S/C21H19NO8/c1-12-14-6-5-13(27-2)10-17(14)30-21(26)15(12)7-8-19(24)29-11-18(23)22-20(25)16-4-3-9-28-16/h3-6,9-10H,7-8,11H2,1-2H3,(H,22,23,25). The number of imide groups is 1. The fraction of sp³-hybridized carbons (Fsp3) is 0.238. The van der Waals surface area contributed by atoms with E-state index < -0.39 is 30.0 Å². The summed E-state index contributed by atoms with van der Waals surface area (Å²) in [5.41, 5.74) is 0.879. The lowest BCUT2D eigenvalue weighted by molar-refractivity contribution is -0.148. The number of aryl methyl sites for hydroxylation is 1. The molecule has 2 aromatic heterocycles. The van der Waals surface area contributed by atoms with Gasteiger partial charge in [-0.3, -0.25) is 19.7 Å². The van der Waals surface area contributed by atoms with E-state index in [2.05, 4.69) is 0 Å². The second kappa shape index (κ2) is 9.08. The van der Waals surface area contributed by atoms with Crippen LogP contribution in [-0.4, -0.2) is 31.5 Å². The number of hydrogen-bond acceptors (Lipinski definition) is 8. The van der Waals surface area contributed by atoms with Gasteiger partial charge in [0.1, 0.15) is 11.3 Å². The van der Waals surface area contributed by atoms with Gasteiger partial charge in [-0.1, -0.05) is 0 Å². The minimum Gasteiger partial charge on any atom is -0.497 e. The van der Waals surface area contributed by atoms with Gasteiger partial charge in [-0.05, 0) is 43.2 Å². The Labute approximate surface area is 170 Å². The Morgan fingerprint density at radius 1 is 1.17 bits per heavy atom. The molecule has 3 rings (SSSR count). The minimum atomic E-state index is -0.792.